The number of phenols is 1. The van der Waals surface area contributed by atoms with Crippen molar-refractivity contribution in [1.29, 1.82) is 0 Å². The van der Waals surface area contributed by atoms with Crippen LogP contribution < -0.4 is 9.47 Å². The highest BCUT2D eigenvalue weighted by atomic mass is 16.5. The average Bonchev–Trinajstić information content (AvgIpc) is 2.86. The largest absolute Gasteiger partial charge is 0.502 e. The summed E-state index contributed by atoms with van der Waals surface area (Å²) in [7, 11) is 2.91. The molecule has 6 heteroatoms. The number of hydrogen-bond acceptors (Lipinski definition) is 5. The summed E-state index contributed by atoms with van der Waals surface area (Å²) in [5.74, 6) is 0.237. The van der Waals surface area contributed by atoms with Crippen LogP contribution in [0.5, 0.6) is 17.2 Å². The van der Waals surface area contributed by atoms with Crippen LogP contribution in [0.3, 0.4) is 0 Å². The Hall–Kier alpha value is -3.51. The van der Waals surface area contributed by atoms with Gasteiger partial charge in [0, 0.05) is 31.7 Å². The van der Waals surface area contributed by atoms with Gasteiger partial charge in [0.05, 0.1) is 20.3 Å². The molecule has 0 atom stereocenters. The molecule has 1 aliphatic rings. The molecule has 0 unspecified atom stereocenters. The van der Waals surface area contributed by atoms with Gasteiger partial charge in [-0.1, -0.05) is 60.7 Å². The van der Waals surface area contributed by atoms with Crippen molar-refractivity contribution in [2.75, 3.05) is 40.4 Å². The molecular weight excluding hydrogens is 404 g/mol. The van der Waals surface area contributed by atoms with E-state index in [0.29, 0.717) is 18.7 Å². The maximum atomic E-state index is 13.2. The van der Waals surface area contributed by atoms with E-state index in [-0.39, 0.29) is 29.2 Å². The molecule has 0 radical (unpaired) electrons. The number of hydrogen-bond donors (Lipinski definition) is 1. The predicted molar refractivity (Wildman–Crippen MR) is 123 cm³/mol. The van der Waals surface area contributed by atoms with Crippen LogP contribution in [0.15, 0.2) is 72.8 Å². The molecule has 0 bridgehead atoms. The van der Waals surface area contributed by atoms with Crippen LogP contribution >= 0.6 is 0 Å². The van der Waals surface area contributed by atoms with Gasteiger partial charge in [0.2, 0.25) is 5.75 Å². The van der Waals surface area contributed by atoms with Crippen LogP contribution in [-0.2, 0) is 0 Å². The van der Waals surface area contributed by atoms with Gasteiger partial charge in [-0.05, 0) is 23.3 Å². The molecule has 1 saturated heterocycles. The quantitative estimate of drug-likeness (QED) is 0.639. The normalized spacial score (nSPS) is 14.4. The van der Waals surface area contributed by atoms with Crippen LogP contribution in [-0.4, -0.2) is 61.2 Å². The summed E-state index contributed by atoms with van der Waals surface area (Å²) in [6.45, 7) is 2.74. The lowest BCUT2D eigenvalue weighted by Crippen LogP contribution is -2.49. The zero-order valence-corrected chi connectivity index (χ0v) is 18.4. The second kappa shape index (κ2) is 9.75. The fourth-order valence-corrected chi connectivity index (χ4v) is 4.27. The maximum Gasteiger partial charge on any atom is 0.254 e. The first-order chi connectivity index (χ1) is 15.6. The number of carbonyl (C=O) groups excluding carboxylic acids is 1. The molecule has 0 spiro atoms. The molecule has 3 aromatic rings. The number of amides is 1. The second-order valence-corrected chi connectivity index (χ2v) is 7.78. The molecule has 1 aliphatic heterocycles. The summed E-state index contributed by atoms with van der Waals surface area (Å²) in [6.07, 6.45) is 0. The molecule has 32 heavy (non-hydrogen) atoms. The standard InChI is InChI=1S/C26H28N2O4/c1-31-22-17-21(18-23(32-2)25(22)29)26(30)28-15-13-27(14-16-28)24(19-9-5-3-6-10-19)20-11-7-4-8-12-20/h3-12,17-18,24,29H,13-16H2,1-2H3. The van der Waals surface area contributed by atoms with Gasteiger partial charge in [-0.3, -0.25) is 9.69 Å². The van der Waals surface area contributed by atoms with Crippen LogP contribution in [0.2, 0.25) is 0 Å². The highest BCUT2D eigenvalue weighted by molar-refractivity contribution is 5.95. The first-order valence-corrected chi connectivity index (χ1v) is 10.7. The molecule has 0 aromatic heterocycles. The molecule has 1 fully saturated rings. The van der Waals surface area contributed by atoms with Crippen molar-refractivity contribution < 1.29 is 19.4 Å². The minimum atomic E-state index is -0.107. The lowest BCUT2D eigenvalue weighted by molar-refractivity contribution is 0.0596. The number of phenolic OH excluding ortho intramolecular Hbond substituents is 1. The minimum absolute atomic E-state index is 0.0998. The van der Waals surface area contributed by atoms with Gasteiger partial charge in [-0.15, -0.1) is 0 Å². The van der Waals surface area contributed by atoms with Crippen molar-refractivity contribution in [3.63, 3.8) is 0 Å². The highest BCUT2D eigenvalue weighted by Crippen LogP contribution is 2.37. The summed E-state index contributed by atoms with van der Waals surface area (Å²) in [6, 6.07) is 24.2. The number of nitrogens with zero attached hydrogens (tertiary/aromatic N) is 2. The number of aromatic hydroxyl groups is 1. The number of methoxy groups -OCH3 is 2. The van der Waals surface area contributed by atoms with Crippen LogP contribution in [0.1, 0.15) is 27.5 Å². The number of benzene rings is 3. The van der Waals surface area contributed by atoms with E-state index >= 15 is 0 Å². The zero-order chi connectivity index (χ0) is 22.5. The van der Waals surface area contributed by atoms with Gasteiger partial charge in [0.1, 0.15) is 0 Å². The number of ether oxygens (including phenoxy) is 2. The van der Waals surface area contributed by atoms with E-state index in [1.807, 2.05) is 17.0 Å². The number of rotatable bonds is 6. The minimum Gasteiger partial charge on any atom is -0.502 e. The van der Waals surface area contributed by atoms with Crippen molar-refractivity contribution in [2.24, 2.45) is 0 Å². The van der Waals surface area contributed by atoms with Crippen molar-refractivity contribution in [1.82, 2.24) is 9.80 Å². The summed E-state index contributed by atoms with van der Waals surface area (Å²) >= 11 is 0. The molecule has 166 valence electrons. The van der Waals surface area contributed by atoms with Crippen molar-refractivity contribution >= 4 is 5.91 Å². The van der Waals surface area contributed by atoms with E-state index in [0.717, 1.165) is 13.1 Å². The third-order valence-corrected chi connectivity index (χ3v) is 5.92. The van der Waals surface area contributed by atoms with Crippen molar-refractivity contribution in [2.45, 2.75) is 6.04 Å². The molecule has 0 saturated carbocycles. The van der Waals surface area contributed by atoms with Gasteiger partial charge in [0.15, 0.2) is 11.5 Å². The number of carbonyl (C=O) groups is 1. The van der Waals surface area contributed by atoms with Gasteiger partial charge < -0.3 is 19.5 Å². The summed E-state index contributed by atoms with van der Waals surface area (Å²) in [5, 5.41) is 10.1. The van der Waals surface area contributed by atoms with Gasteiger partial charge in [-0.2, -0.15) is 0 Å². The van der Waals surface area contributed by atoms with Crippen LogP contribution in [0.4, 0.5) is 0 Å². The fourth-order valence-electron chi connectivity index (χ4n) is 4.27. The maximum absolute atomic E-state index is 13.2. The Labute approximate surface area is 188 Å². The Morgan fingerprint density at radius 2 is 1.28 bits per heavy atom. The third-order valence-electron chi connectivity index (χ3n) is 5.92. The van der Waals surface area contributed by atoms with Gasteiger partial charge in [-0.25, -0.2) is 0 Å². The average molecular weight is 433 g/mol. The van der Waals surface area contributed by atoms with E-state index in [1.54, 1.807) is 12.1 Å². The summed E-state index contributed by atoms with van der Waals surface area (Å²) in [5.41, 5.74) is 2.92. The molecule has 0 aliphatic carbocycles. The topological polar surface area (TPSA) is 62.2 Å². The third kappa shape index (κ3) is 4.41. The second-order valence-electron chi connectivity index (χ2n) is 7.78. The van der Waals surface area contributed by atoms with Crippen molar-refractivity contribution in [3.05, 3.63) is 89.5 Å². The van der Waals surface area contributed by atoms with Gasteiger partial charge >= 0.3 is 0 Å². The molecule has 4 rings (SSSR count). The van der Waals surface area contributed by atoms with E-state index in [1.165, 1.54) is 25.3 Å². The highest BCUT2D eigenvalue weighted by Gasteiger charge is 2.29. The summed E-state index contributed by atoms with van der Waals surface area (Å²) < 4.78 is 10.4. The first kappa shape index (κ1) is 21.7. The van der Waals surface area contributed by atoms with E-state index in [4.69, 9.17) is 9.47 Å². The van der Waals surface area contributed by atoms with E-state index in [2.05, 4.69) is 53.4 Å². The Morgan fingerprint density at radius 1 is 0.812 bits per heavy atom. The summed E-state index contributed by atoms with van der Waals surface area (Å²) in [4.78, 5) is 17.4. The zero-order valence-electron chi connectivity index (χ0n) is 18.4. The fraction of sp³-hybridized carbons (Fsp3) is 0.269. The van der Waals surface area contributed by atoms with Crippen LogP contribution in [0, 0.1) is 0 Å². The molecule has 3 aromatic carbocycles. The van der Waals surface area contributed by atoms with Crippen LogP contribution in [0.25, 0.3) is 0 Å². The number of piperazine rings is 1. The molecule has 6 nitrogen and oxygen atoms in total. The monoisotopic (exact) mass is 432 g/mol. The molecule has 1 heterocycles. The van der Waals surface area contributed by atoms with Crippen molar-refractivity contribution in [3.8, 4) is 17.2 Å². The molecular formula is C26H28N2O4. The Balaban J connectivity index is 1.52. The first-order valence-electron chi connectivity index (χ1n) is 10.7. The predicted octanol–water partition coefficient (Wildman–Crippen LogP) is 3.96. The van der Waals surface area contributed by atoms with E-state index < -0.39 is 0 Å². The lowest BCUT2D eigenvalue weighted by atomic mass is 9.96. The van der Waals surface area contributed by atoms with Gasteiger partial charge in [0.25, 0.3) is 5.91 Å². The SMILES string of the molecule is COc1cc(C(=O)N2CCN(C(c3ccccc3)c3ccccc3)CC2)cc(OC)c1O. The molecule has 1 N–H and O–H groups in total. The smallest absolute Gasteiger partial charge is 0.254 e. The Kier molecular flexibility index (Phi) is 6.61. The molecule has 1 amide bonds. The Morgan fingerprint density at radius 3 is 1.72 bits per heavy atom. The Bertz CT molecular complexity index is 983. The van der Waals surface area contributed by atoms with E-state index in [9.17, 15) is 9.90 Å². The lowest BCUT2D eigenvalue weighted by Gasteiger charge is -2.39.